The molecule has 4 rings (SSSR count). The summed E-state index contributed by atoms with van der Waals surface area (Å²) >= 11 is 5.97. The van der Waals surface area contributed by atoms with Gasteiger partial charge in [0.05, 0.1) is 19.3 Å². The Morgan fingerprint density at radius 1 is 1.11 bits per heavy atom. The number of halogens is 3. The lowest BCUT2D eigenvalue weighted by Gasteiger charge is -2.32. The van der Waals surface area contributed by atoms with E-state index < -0.39 is 10.8 Å². The van der Waals surface area contributed by atoms with Crippen LogP contribution in [0.1, 0.15) is 12.0 Å². The van der Waals surface area contributed by atoms with Crippen LogP contribution in [0.4, 0.5) is 20.2 Å². The van der Waals surface area contributed by atoms with E-state index in [9.17, 15) is 18.4 Å². The van der Waals surface area contributed by atoms with Crippen LogP contribution in [0.2, 0.25) is 0 Å². The summed E-state index contributed by atoms with van der Waals surface area (Å²) < 4.78 is 35.4. The van der Waals surface area contributed by atoms with Crippen molar-refractivity contribution < 1.29 is 27.8 Å². The molecule has 3 aromatic carbocycles. The van der Waals surface area contributed by atoms with Crippen LogP contribution in [-0.2, 0) is 16.1 Å². The molecule has 1 N–H and O–H groups in total. The molecule has 1 atom stereocenters. The van der Waals surface area contributed by atoms with Gasteiger partial charge in [0.25, 0.3) is 0 Å². The van der Waals surface area contributed by atoms with Crippen molar-refractivity contribution in [1.29, 1.82) is 0 Å². The van der Waals surface area contributed by atoms with Gasteiger partial charge in [-0.15, -0.1) is 8.78 Å². The minimum atomic E-state index is -3.84. The number of methoxy groups -OCH3 is 1. The zero-order chi connectivity index (χ0) is 26.4. The zero-order valence-electron chi connectivity index (χ0n) is 19.6. The molecule has 0 saturated carbocycles. The van der Waals surface area contributed by atoms with Crippen LogP contribution in [0.25, 0.3) is 0 Å². The number of hydrogen-bond acceptors (Lipinski definition) is 6. The highest BCUT2D eigenvalue weighted by atomic mass is 35.5. The third-order valence-electron chi connectivity index (χ3n) is 5.25. The second-order valence-electron chi connectivity index (χ2n) is 7.93. The third kappa shape index (κ3) is 7.43. The summed E-state index contributed by atoms with van der Waals surface area (Å²) in [6, 6.07) is 21.8. The molecule has 37 heavy (non-hydrogen) atoms. The van der Waals surface area contributed by atoms with Gasteiger partial charge < -0.3 is 14.8 Å². The molecule has 0 spiro atoms. The normalized spacial score (nSPS) is 17.0. The van der Waals surface area contributed by atoms with Crippen LogP contribution < -0.4 is 14.8 Å². The Morgan fingerprint density at radius 2 is 1.84 bits per heavy atom. The largest absolute Gasteiger partial charge is 0.497 e. The average Bonchev–Trinajstić information content (AvgIpc) is 2.87. The summed E-state index contributed by atoms with van der Waals surface area (Å²) in [5.41, 5.74) is -2.03. The summed E-state index contributed by atoms with van der Waals surface area (Å²) in [6.45, 7) is 0.259. The highest BCUT2D eigenvalue weighted by molar-refractivity contribution is 8.15. The fourth-order valence-corrected chi connectivity index (χ4v) is 4.71. The first-order valence-electron chi connectivity index (χ1n) is 11.1. The van der Waals surface area contributed by atoms with E-state index >= 15 is 0 Å². The van der Waals surface area contributed by atoms with E-state index in [1.54, 1.807) is 24.3 Å². The van der Waals surface area contributed by atoms with Gasteiger partial charge in [0, 0.05) is 29.8 Å². The van der Waals surface area contributed by atoms with Gasteiger partial charge in [-0.25, -0.2) is 4.99 Å². The quantitative estimate of drug-likeness (QED) is 0.350. The summed E-state index contributed by atoms with van der Waals surface area (Å²) in [4.78, 5) is 32.3. The maximum atomic E-state index is 13.2. The summed E-state index contributed by atoms with van der Waals surface area (Å²) in [5, 5.41) is 2.39. The number of thioether (sulfide) groups is 1. The Morgan fingerprint density at radius 3 is 2.51 bits per heavy atom. The molecule has 3 aromatic rings. The predicted octanol–water partition coefficient (Wildman–Crippen LogP) is 6.02. The number of rotatable bonds is 8. The van der Waals surface area contributed by atoms with Crippen molar-refractivity contribution in [1.82, 2.24) is 4.90 Å². The van der Waals surface area contributed by atoms with Gasteiger partial charge in [-0.1, -0.05) is 48.2 Å². The van der Waals surface area contributed by atoms with Crippen molar-refractivity contribution in [3.05, 3.63) is 84.4 Å². The fraction of sp³-hybridized carbons (Fsp3) is 0.192. The fourth-order valence-electron chi connectivity index (χ4n) is 3.52. The van der Waals surface area contributed by atoms with Crippen LogP contribution >= 0.6 is 23.4 Å². The molecule has 0 bridgehead atoms. The number of nitrogens with zero attached hydrogens (tertiary/aromatic N) is 2. The number of ether oxygens (including phenoxy) is 2. The van der Waals surface area contributed by atoms with Gasteiger partial charge in [-0.3, -0.25) is 14.5 Å². The first-order chi connectivity index (χ1) is 17.7. The summed E-state index contributed by atoms with van der Waals surface area (Å²) in [7, 11) is 1.53. The molecule has 11 heteroatoms. The van der Waals surface area contributed by atoms with Crippen LogP contribution in [-0.4, -0.2) is 39.8 Å². The minimum Gasteiger partial charge on any atom is -0.497 e. The lowest BCUT2D eigenvalue weighted by Crippen LogP contribution is -2.44. The van der Waals surface area contributed by atoms with E-state index in [2.05, 4.69) is 15.0 Å². The van der Waals surface area contributed by atoms with Crippen molar-refractivity contribution in [2.24, 2.45) is 4.99 Å². The van der Waals surface area contributed by atoms with Crippen molar-refractivity contribution in [3.8, 4) is 11.5 Å². The zero-order valence-corrected chi connectivity index (χ0v) is 21.1. The molecule has 1 aliphatic rings. The molecule has 192 valence electrons. The van der Waals surface area contributed by atoms with Crippen molar-refractivity contribution in [2.75, 3.05) is 12.4 Å². The van der Waals surface area contributed by atoms with E-state index in [0.717, 1.165) is 17.3 Å². The van der Waals surface area contributed by atoms with Crippen molar-refractivity contribution in [2.45, 2.75) is 23.8 Å². The maximum Gasteiger partial charge on any atom is 0.487 e. The molecule has 1 heterocycles. The summed E-state index contributed by atoms with van der Waals surface area (Å²) in [5.74, 6) is -0.186. The smallest absolute Gasteiger partial charge is 0.487 e. The first-order valence-corrected chi connectivity index (χ1v) is 12.4. The number of alkyl halides is 3. The molecule has 2 amide bonds. The Bertz CT molecular complexity index is 1290. The number of carbonyl (C=O) groups is 2. The molecule has 1 saturated heterocycles. The van der Waals surface area contributed by atoms with Crippen LogP contribution in [0.15, 0.2) is 83.9 Å². The van der Waals surface area contributed by atoms with E-state index in [1.165, 1.54) is 36.3 Å². The number of carbonyl (C=O) groups excluding carboxylic acids is 2. The van der Waals surface area contributed by atoms with E-state index in [4.69, 9.17) is 16.3 Å². The lowest BCUT2D eigenvalue weighted by atomic mass is 10.2. The molecule has 1 aliphatic heterocycles. The SMILES string of the molecule is COc1cccc(NC(=O)[C@H]2CC(=O)N(Cc3ccccc3)C(=Nc3ccc(OC(F)(F)Cl)cc3)S2)c1. The van der Waals surface area contributed by atoms with Gasteiger partial charge in [0.1, 0.15) is 16.7 Å². The maximum absolute atomic E-state index is 13.2. The second-order valence-corrected chi connectivity index (χ2v) is 9.54. The Labute approximate surface area is 221 Å². The monoisotopic (exact) mass is 545 g/mol. The van der Waals surface area contributed by atoms with Crippen LogP contribution in [0, 0.1) is 0 Å². The number of nitrogens with one attached hydrogen (secondary N) is 1. The Hall–Kier alpha value is -3.63. The number of anilines is 1. The molecular weight excluding hydrogens is 524 g/mol. The first kappa shape index (κ1) is 26.4. The van der Waals surface area contributed by atoms with Crippen LogP contribution in [0.5, 0.6) is 11.5 Å². The predicted molar refractivity (Wildman–Crippen MR) is 140 cm³/mol. The third-order valence-corrected chi connectivity index (χ3v) is 6.51. The average molecular weight is 546 g/mol. The van der Waals surface area contributed by atoms with Gasteiger partial charge in [0.2, 0.25) is 11.8 Å². The number of benzene rings is 3. The molecule has 0 aromatic heterocycles. The van der Waals surface area contributed by atoms with Crippen molar-refractivity contribution >= 4 is 51.7 Å². The molecule has 1 fully saturated rings. The molecule has 0 aliphatic carbocycles. The van der Waals surface area contributed by atoms with Crippen molar-refractivity contribution in [3.63, 3.8) is 0 Å². The van der Waals surface area contributed by atoms with Gasteiger partial charge >= 0.3 is 5.57 Å². The van der Waals surface area contributed by atoms with Gasteiger partial charge in [-0.2, -0.15) is 0 Å². The van der Waals surface area contributed by atoms with Gasteiger partial charge in [0.15, 0.2) is 5.17 Å². The van der Waals surface area contributed by atoms with Crippen LogP contribution in [0.3, 0.4) is 0 Å². The molecular formula is C26H22ClF2N3O4S. The van der Waals surface area contributed by atoms with Gasteiger partial charge in [-0.05, 0) is 42.0 Å². The molecule has 0 radical (unpaired) electrons. The summed E-state index contributed by atoms with van der Waals surface area (Å²) in [6.07, 6.45) is -0.0239. The Balaban J connectivity index is 1.58. The van der Waals surface area contributed by atoms with E-state index in [-0.39, 0.29) is 30.5 Å². The minimum absolute atomic E-state index is 0.0239. The van der Waals surface area contributed by atoms with E-state index in [1.807, 2.05) is 30.3 Å². The number of amidine groups is 1. The topological polar surface area (TPSA) is 80.2 Å². The second kappa shape index (κ2) is 11.6. The van der Waals surface area contributed by atoms with E-state index in [0.29, 0.717) is 22.3 Å². The number of aliphatic imine (C=N–C) groups is 1. The molecule has 0 unspecified atom stereocenters. The highest BCUT2D eigenvalue weighted by Gasteiger charge is 2.36. The molecule has 7 nitrogen and oxygen atoms in total. The number of amides is 2. The standard InChI is InChI=1S/C26H22ClF2N3O4S/c1-35-21-9-5-8-19(14-21)30-24(34)22-15-23(33)32(16-17-6-3-2-4-7-17)25(37-22)31-18-10-12-20(13-11-18)36-26(27,28)29/h2-14,22H,15-16H2,1H3,(H,30,34)/t22-/m1/s1. The Kier molecular flexibility index (Phi) is 8.30. The number of hydrogen-bond donors (Lipinski definition) is 1. The lowest BCUT2D eigenvalue weighted by molar-refractivity contribution is -0.129. The highest BCUT2D eigenvalue weighted by Crippen LogP contribution is 2.32.